The average molecular weight is 320 g/mol. The predicted octanol–water partition coefficient (Wildman–Crippen LogP) is 4.02. The van der Waals surface area contributed by atoms with Crippen LogP contribution in [0.3, 0.4) is 0 Å². The first kappa shape index (κ1) is 15.1. The van der Waals surface area contributed by atoms with E-state index in [0.29, 0.717) is 15.6 Å². The number of aromatic nitrogens is 2. The van der Waals surface area contributed by atoms with Crippen molar-refractivity contribution in [2.24, 2.45) is 0 Å². The number of fused-ring (bicyclic) bond motifs is 1. The summed E-state index contributed by atoms with van der Waals surface area (Å²) in [5.74, 6) is -1.13. The van der Waals surface area contributed by atoms with E-state index in [1.165, 1.54) is 43.5 Å². The Hall–Kier alpha value is -2.83. The second kappa shape index (κ2) is 5.75. The van der Waals surface area contributed by atoms with Crippen LogP contribution >= 0.6 is 0 Å². The molecule has 118 valence electrons. The number of ether oxygens (including phenoxy) is 1. The number of nitrogens with zero attached hydrogens (tertiary/aromatic N) is 2. The average Bonchev–Trinajstić information content (AvgIpc) is 2.93. The molecule has 23 heavy (non-hydrogen) atoms. The first-order chi connectivity index (χ1) is 11.0. The molecule has 0 aliphatic carbocycles. The number of benzene rings is 2. The summed E-state index contributed by atoms with van der Waals surface area (Å²) in [5.41, 5.74) is 0.797. The number of rotatable bonds is 3. The predicted molar refractivity (Wildman–Crippen MR) is 77.7 cm³/mol. The van der Waals surface area contributed by atoms with Gasteiger partial charge in [-0.25, -0.2) is 13.9 Å². The highest BCUT2D eigenvalue weighted by atomic mass is 19.3. The summed E-state index contributed by atoms with van der Waals surface area (Å²) in [6.07, 6.45) is 0. The SMILES string of the molecule is COC(=O)c1ccc2c(-c3cccc(F)c3)nn(C(F)F)c2c1. The van der Waals surface area contributed by atoms with Gasteiger partial charge in [0.15, 0.2) is 0 Å². The summed E-state index contributed by atoms with van der Waals surface area (Å²) in [5, 5.41) is 4.27. The number of hydrogen-bond acceptors (Lipinski definition) is 3. The maximum atomic E-state index is 13.4. The van der Waals surface area contributed by atoms with Crippen LogP contribution in [-0.2, 0) is 4.74 Å². The minimum Gasteiger partial charge on any atom is -0.465 e. The lowest BCUT2D eigenvalue weighted by Gasteiger charge is -2.02. The maximum Gasteiger partial charge on any atom is 0.337 e. The Morgan fingerprint density at radius 2 is 2.00 bits per heavy atom. The van der Waals surface area contributed by atoms with E-state index < -0.39 is 18.3 Å². The normalized spacial score (nSPS) is 11.2. The topological polar surface area (TPSA) is 44.1 Å². The minimum atomic E-state index is -2.90. The minimum absolute atomic E-state index is 0.0714. The molecule has 1 aromatic heterocycles. The first-order valence-corrected chi connectivity index (χ1v) is 6.66. The second-order valence-corrected chi connectivity index (χ2v) is 4.80. The van der Waals surface area contributed by atoms with Gasteiger partial charge in [-0.15, -0.1) is 0 Å². The van der Waals surface area contributed by atoms with Crippen molar-refractivity contribution in [3.05, 3.63) is 53.8 Å². The van der Waals surface area contributed by atoms with E-state index in [-0.39, 0.29) is 16.8 Å². The van der Waals surface area contributed by atoms with Gasteiger partial charge in [0, 0.05) is 10.9 Å². The molecule has 0 saturated carbocycles. The number of esters is 1. The van der Waals surface area contributed by atoms with Gasteiger partial charge in [-0.2, -0.15) is 13.9 Å². The first-order valence-electron chi connectivity index (χ1n) is 6.66. The molecule has 1 heterocycles. The van der Waals surface area contributed by atoms with E-state index in [4.69, 9.17) is 0 Å². The molecular weight excluding hydrogens is 309 g/mol. The Morgan fingerprint density at radius 1 is 1.22 bits per heavy atom. The van der Waals surface area contributed by atoms with Gasteiger partial charge in [0.25, 0.3) is 0 Å². The Morgan fingerprint density at radius 3 is 2.65 bits per heavy atom. The molecule has 0 amide bonds. The summed E-state index contributed by atoms with van der Waals surface area (Å²) < 4.78 is 44.9. The van der Waals surface area contributed by atoms with Crippen molar-refractivity contribution in [3.8, 4) is 11.3 Å². The van der Waals surface area contributed by atoms with Crippen LogP contribution in [0.2, 0.25) is 0 Å². The zero-order chi connectivity index (χ0) is 16.6. The molecule has 0 radical (unpaired) electrons. The number of carbonyl (C=O) groups is 1. The lowest BCUT2D eigenvalue weighted by Crippen LogP contribution is -2.03. The van der Waals surface area contributed by atoms with Gasteiger partial charge < -0.3 is 4.74 Å². The van der Waals surface area contributed by atoms with Gasteiger partial charge in [-0.1, -0.05) is 12.1 Å². The number of carbonyl (C=O) groups excluding carboxylic acids is 1. The molecule has 7 heteroatoms. The summed E-state index contributed by atoms with van der Waals surface area (Å²) in [7, 11) is 1.20. The Bertz CT molecular complexity index is 890. The summed E-state index contributed by atoms with van der Waals surface area (Å²) in [6.45, 7) is -2.90. The van der Waals surface area contributed by atoms with Gasteiger partial charge in [0.2, 0.25) is 0 Å². The molecule has 0 N–H and O–H groups in total. The second-order valence-electron chi connectivity index (χ2n) is 4.80. The van der Waals surface area contributed by atoms with Crippen molar-refractivity contribution in [2.75, 3.05) is 7.11 Å². The van der Waals surface area contributed by atoms with Crippen molar-refractivity contribution >= 4 is 16.9 Å². The van der Waals surface area contributed by atoms with Crippen LogP contribution in [0.15, 0.2) is 42.5 Å². The fraction of sp³-hybridized carbons (Fsp3) is 0.125. The highest BCUT2D eigenvalue weighted by Crippen LogP contribution is 2.31. The standard InChI is InChI=1S/C16H11F3N2O2/c1-23-15(22)10-5-6-12-13(8-10)21(16(18)19)20-14(12)9-3-2-4-11(17)7-9/h2-8,16H,1H3. The van der Waals surface area contributed by atoms with Crippen LogP contribution in [0, 0.1) is 5.82 Å². The molecule has 0 spiro atoms. The van der Waals surface area contributed by atoms with Crippen LogP contribution in [0.25, 0.3) is 22.2 Å². The summed E-state index contributed by atoms with van der Waals surface area (Å²) >= 11 is 0. The molecule has 0 aliphatic rings. The fourth-order valence-corrected chi connectivity index (χ4v) is 2.38. The Labute approximate surface area is 129 Å². The number of methoxy groups -OCH3 is 1. The molecule has 0 saturated heterocycles. The van der Waals surface area contributed by atoms with Crippen LogP contribution in [0.1, 0.15) is 16.9 Å². The zero-order valence-corrected chi connectivity index (χ0v) is 12.0. The Balaban J connectivity index is 2.26. The van der Waals surface area contributed by atoms with Crippen molar-refractivity contribution in [1.29, 1.82) is 0 Å². The molecule has 0 atom stereocenters. The van der Waals surface area contributed by atoms with Crippen molar-refractivity contribution in [2.45, 2.75) is 6.55 Å². The maximum absolute atomic E-state index is 13.4. The van der Waals surface area contributed by atoms with Gasteiger partial charge in [0.1, 0.15) is 11.5 Å². The van der Waals surface area contributed by atoms with E-state index in [1.54, 1.807) is 6.07 Å². The monoisotopic (exact) mass is 320 g/mol. The molecule has 0 fully saturated rings. The summed E-state index contributed by atoms with van der Waals surface area (Å²) in [6, 6.07) is 9.75. The van der Waals surface area contributed by atoms with Crippen LogP contribution in [-0.4, -0.2) is 22.9 Å². The third-order valence-corrected chi connectivity index (χ3v) is 3.41. The van der Waals surface area contributed by atoms with Crippen LogP contribution in [0.5, 0.6) is 0 Å². The van der Waals surface area contributed by atoms with E-state index in [1.807, 2.05) is 0 Å². The molecule has 0 unspecified atom stereocenters. The summed E-state index contributed by atoms with van der Waals surface area (Å²) in [4.78, 5) is 11.6. The smallest absolute Gasteiger partial charge is 0.337 e. The molecular formula is C16H11F3N2O2. The van der Waals surface area contributed by atoms with Gasteiger partial charge in [-0.05, 0) is 30.3 Å². The van der Waals surface area contributed by atoms with Crippen LogP contribution in [0.4, 0.5) is 13.2 Å². The van der Waals surface area contributed by atoms with E-state index in [2.05, 4.69) is 9.84 Å². The molecule has 2 aromatic carbocycles. The van der Waals surface area contributed by atoms with Crippen LogP contribution < -0.4 is 0 Å². The highest BCUT2D eigenvalue weighted by molar-refractivity contribution is 5.99. The van der Waals surface area contributed by atoms with Gasteiger partial charge in [0.05, 0.1) is 18.2 Å². The molecule has 4 nitrogen and oxygen atoms in total. The number of halogens is 3. The zero-order valence-electron chi connectivity index (χ0n) is 12.0. The third-order valence-electron chi connectivity index (χ3n) is 3.41. The molecule has 3 aromatic rings. The largest absolute Gasteiger partial charge is 0.465 e. The molecule has 0 bridgehead atoms. The number of hydrogen-bond donors (Lipinski definition) is 0. The van der Waals surface area contributed by atoms with E-state index in [0.717, 1.165) is 0 Å². The molecule has 0 aliphatic heterocycles. The van der Waals surface area contributed by atoms with Crippen molar-refractivity contribution in [1.82, 2.24) is 9.78 Å². The fourth-order valence-electron chi connectivity index (χ4n) is 2.38. The Kier molecular flexibility index (Phi) is 3.77. The van der Waals surface area contributed by atoms with Gasteiger partial charge >= 0.3 is 12.5 Å². The lowest BCUT2D eigenvalue weighted by molar-refractivity contribution is 0.0591. The lowest BCUT2D eigenvalue weighted by atomic mass is 10.1. The van der Waals surface area contributed by atoms with Crippen molar-refractivity contribution in [3.63, 3.8) is 0 Å². The van der Waals surface area contributed by atoms with E-state index in [9.17, 15) is 18.0 Å². The quantitative estimate of drug-likeness (QED) is 0.685. The molecule has 3 rings (SSSR count). The third kappa shape index (κ3) is 2.65. The number of alkyl halides is 2. The van der Waals surface area contributed by atoms with Gasteiger partial charge in [-0.3, -0.25) is 0 Å². The van der Waals surface area contributed by atoms with E-state index >= 15 is 0 Å². The highest BCUT2D eigenvalue weighted by Gasteiger charge is 2.19. The van der Waals surface area contributed by atoms with Crippen molar-refractivity contribution < 1.29 is 22.7 Å².